The number of ether oxygens (including phenoxy) is 1. The number of nitrogens with zero attached hydrogens (tertiary/aromatic N) is 3. The third-order valence-corrected chi connectivity index (χ3v) is 4.86. The number of morpholine rings is 1. The molecule has 2 N–H and O–H groups in total. The molecule has 1 aliphatic heterocycles. The number of hydrogen-bond acceptors (Lipinski definition) is 3. The molecule has 1 aromatic heterocycles. The van der Waals surface area contributed by atoms with Gasteiger partial charge in [-0.3, -0.25) is 4.90 Å². The van der Waals surface area contributed by atoms with Crippen LogP contribution in [-0.2, 0) is 18.3 Å². The molecule has 1 aliphatic rings. The number of aryl methyl sites for hydroxylation is 1. The first kappa shape index (κ1) is 20.4. The highest BCUT2D eigenvalue weighted by Crippen LogP contribution is 2.21. The van der Waals surface area contributed by atoms with Crippen molar-refractivity contribution in [1.29, 1.82) is 0 Å². The minimum Gasteiger partial charge on any atom is -0.379 e. The molecule has 0 spiro atoms. The van der Waals surface area contributed by atoms with Gasteiger partial charge in [0, 0.05) is 45.6 Å². The van der Waals surface area contributed by atoms with Crippen LogP contribution in [0.15, 0.2) is 47.7 Å². The average Bonchev–Trinajstić information content (AvgIpc) is 3.13. The van der Waals surface area contributed by atoms with E-state index in [4.69, 9.17) is 9.73 Å². The smallest absolute Gasteiger partial charge is 0.191 e. The third-order valence-electron chi connectivity index (χ3n) is 4.86. The maximum Gasteiger partial charge on any atom is 0.191 e. The molecule has 0 radical (unpaired) electrons. The van der Waals surface area contributed by atoms with Gasteiger partial charge in [-0.25, -0.2) is 9.38 Å². The predicted octanol–water partition coefficient (Wildman–Crippen LogP) is 2.29. The summed E-state index contributed by atoms with van der Waals surface area (Å²) in [5, 5.41) is 6.77. The Labute approximate surface area is 166 Å². The van der Waals surface area contributed by atoms with Crippen molar-refractivity contribution in [3.8, 4) is 0 Å². The largest absolute Gasteiger partial charge is 0.379 e. The lowest BCUT2D eigenvalue weighted by Gasteiger charge is -2.35. The van der Waals surface area contributed by atoms with E-state index < -0.39 is 0 Å². The summed E-state index contributed by atoms with van der Waals surface area (Å²) in [4.78, 5) is 7.08. The van der Waals surface area contributed by atoms with Crippen molar-refractivity contribution in [3.05, 3.63) is 59.7 Å². The van der Waals surface area contributed by atoms with Crippen LogP contribution >= 0.6 is 0 Å². The van der Waals surface area contributed by atoms with E-state index in [-0.39, 0.29) is 11.9 Å². The molecule has 1 fully saturated rings. The number of guanidine groups is 1. The molecule has 0 aliphatic carbocycles. The topological polar surface area (TPSA) is 53.8 Å². The summed E-state index contributed by atoms with van der Waals surface area (Å²) in [5.74, 6) is 0.571. The maximum absolute atomic E-state index is 13.4. The van der Waals surface area contributed by atoms with Crippen LogP contribution in [0.3, 0.4) is 0 Å². The van der Waals surface area contributed by atoms with Crippen molar-refractivity contribution in [1.82, 2.24) is 20.1 Å². The first-order valence-electron chi connectivity index (χ1n) is 9.86. The summed E-state index contributed by atoms with van der Waals surface area (Å²) in [6.07, 6.45) is 4.09. The minimum atomic E-state index is -0.213. The predicted molar refractivity (Wildman–Crippen MR) is 110 cm³/mol. The standard InChI is InChI=1S/C21H30FN5O/c1-3-23-21(24-14-17-8-9-26(2)16-17)25-15-20(27-10-12-28-13-11-27)18-4-6-19(22)7-5-18/h4-9,16,20H,3,10-15H2,1-2H3,(H2,23,24,25). The normalized spacial score (nSPS) is 16.8. The number of benzene rings is 1. The molecule has 0 saturated carbocycles. The van der Waals surface area contributed by atoms with Crippen LogP contribution in [0.1, 0.15) is 24.1 Å². The fourth-order valence-electron chi connectivity index (χ4n) is 3.39. The zero-order chi connectivity index (χ0) is 19.8. The lowest BCUT2D eigenvalue weighted by Crippen LogP contribution is -2.46. The lowest BCUT2D eigenvalue weighted by atomic mass is 10.0. The Balaban J connectivity index is 1.69. The van der Waals surface area contributed by atoms with E-state index in [2.05, 4.69) is 34.7 Å². The van der Waals surface area contributed by atoms with E-state index in [1.165, 1.54) is 17.7 Å². The second kappa shape index (κ2) is 10.2. The van der Waals surface area contributed by atoms with Crippen molar-refractivity contribution in [2.24, 2.45) is 12.0 Å². The molecule has 1 saturated heterocycles. The van der Waals surface area contributed by atoms with E-state index in [1.807, 2.05) is 29.9 Å². The molecular weight excluding hydrogens is 357 g/mol. The second-order valence-electron chi connectivity index (χ2n) is 6.98. The molecule has 2 heterocycles. The molecule has 1 unspecified atom stereocenters. The Bertz CT molecular complexity index is 752. The van der Waals surface area contributed by atoms with Crippen LogP contribution < -0.4 is 10.6 Å². The quantitative estimate of drug-likeness (QED) is 0.565. The Morgan fingerprint density at radius 2 is 1.93 bits per heavy atom. The second-order valence-corrected chi connectivity index (χ2v) is 6.98. The van der Waals surface area contributed by atoms with Gasteiger partial charge in [-0.2, -0.15) is 0 Å². The molecule has 2 aromatic rings. The maximum atomic E-state index is 13.4. The van der Waals surface area contributed by atoms with E-state index >= 15 is 0 Å². The zero-order valence-electron chi connectivity index (χ0n) is 16.7. The van der Waals surface area contributed by atoms with Crippen molar-refractivity contribution in [2.45, 2.75) is 19.5 Å². The number of hydrogen-bond donors (Lipinski definition) is 2. The van der Waals surface area contributed by atoms with E-state index in [1.54, 1.807) is 0 Å². The van der Waals surface area contributed by atoms with Gasteiger partial charge in [-0.1, -0.05) is 12.1 Å². The molecule has 3 rings (SSSR count). The molecule has 1 aromatic carbocycles. The monoisotopic (exact) mass is 387 g/mol. The van der Waals surface area contributed by atoms with Crippen LogP contribution in [-0.4, -0.2) is 54.8 Å². The average molecular weight is 388 g/mol. The zero-order valence-corrected chi connectivity index (χ0v) is 16.7. The van der Waals surface area contributed by atoms with Crippen LogP contribution in [0, 0.1) is 5.82 Å². The number of nitrogens with one attached hydrogen (secondary N) is 2. The molecule has 1 atom stereocenters. The fraction of sp³-hybridized carbons (Fsp3) is 0.476. The molecule has 0 amide bonds. The highest BCUT2D eigenvalue weighted by atomic mass is 19.1. The van der Waals surface area contributed by atoms with Gasteiger partial charge in [0.25, 0.3) is 0 Å². The molecule has 152 valence electrons. The van der Waals surface area contributed by atoms with Gasteiger partial charge in [0.15, 0.2) is 5.96 Å². The number of aliphatic imine (C=N–C) groups is 1. The van der Waals surface area contributed by atoms with Crippen molar-refractivity contribution in [2.75, 3.05) is 39.4 Å². The number of halogens is 1. The van der Waals surface area contributed by atoms with E-state index in [0.717, 1.165) is 44.4 Å². The lowest BCUT2D eigenvalue weighted by molar-refractivity contribution is 0.0170. The van der Waals surface area contributed by atoms with Gasteiger partial charge < -0.3 is 19.9 Å². The Morgan fingerprint density at radius 1 is 1.18 bits per heavy atom. The van der Waals surface area contributed by atoms with E-state index in [9.17, 15) is 4.39 Å². The molecule has 28 heavy (non-hydrogen) atoms. The SMILES string of the molecule is CCNC(=NCc1ccn(C)c1)NCC(c1ccc(F)cc1)N1CCOCC1. The Morgan fingerprint density at radius 3 is 2.57 bits per heavy atom. The summed E-state index contributed by atoms with van der Waals surface area (Å²) in [7, 11) is 2.01. The van der Waals surface area contributed by atoms with Crippen molar-refractivity contribution in [3.63, 3.8) is 0 Å². The summed E-state index contributed by atoms with van der Waals surface area (Å²) < 4.78 is 20.9. The summed E-state index contributed by atoms with van der Waals surface area (Å²) in [6, 6.07) is 8.98. The van der Waals surface area contributed by atoms with Gasteiger partial charge in [0.1, 0.15) is 5.82 Å². The van der Waals surface area contributed by atoms with Gasteiger partial charge in [0.2, 0.25) is 0 Å². The summed E-state index contributed by atoms with van der Waals surface area (Å²) >= 11 is 0. The molecule has 6 nitrogen and oxygen atoms in total. The number of aromatic nitrogens is 1. The van der Waals surface area contributed by atoms with Crippen molar-refractivity contribution < 1.29 is 9.13 Å². The fourth-order valence-corrected chi connectivity index (χ4v) is 3.39. The van der Waals surface area contributed by atoms with Gasteiger partial charge >= 0.3 is 0 Å². The molecule has 7 heteroatoms. The van der Waals surface area contributed by atoms with Crippen LogP contribution in [0.4, 0.5) is 4.39 Å². The van der Waals surface area contributed by atoms with Crippen molar-refractivity contribution >= 4 is 5.96 Å². The van der Waals surface area contributed by atoms with Crippen LogP contribution in [0.2, 0.25) is 0 Å². The first-order chi connectivity index (χ1) is 13.7. The van der Waals surface area contributed by atoms with Gasteiger partial charge in [-0.15, -0.1) is 0 Å². The van der Waals surface area contributed by atoms with Gasteiger partial charge in [0.05, 0.1) is 25.8 Å². The van der Waals surface area contributed by atoms with Gasteiger partial charge in [-0.05, 0) is 36.2 Å². The highest BCUT2D eigenvalue weighted by Gasteiger charge is 2.23. The number of rotatable bonds is 7. The first-order valence-corrected chi connectivity index (χ1v) is 9.86. The van der Waals surface area contributed by atoms with Crippen LogP contribution in [0.25, 0.3) is 0 Å². The van der Waals surface area contributed by atoms with Crippen LogP contribution in [0.5, 0.6) is 0 Å². The summed E-state index contributed by atoms with van der Waals surface area (Å²) in [5.41, 5.74) is 2.26. The molecule has 0 bridgehead atoms. The third kappa shape index (κ3) is 5.81. The van der Waals surface area contributed by atoms with E-state index in [0.29, 0.717) is 13.1 Å². The summed E-state index contributed by atoms with van der Waals surface area (Å²) in [6.45, 7) is 7.32. The Kier molecular flexibility index (Phi) is 7.45. The Hall–Kier alpha value is -2.38. The minimum absolute atomic E-state index is 0.130. The molecular formula is C21H30FN5O. The highest BCUT2D eigenvalue weighted by molar-refractivity contribution is 5.79.